The van der Waals surface area contributed by atoms with Crippen LogP contribution >= 0.6 is 11.8 Å². The van der Waals surface area contributed by atoms with Crippen LogP contribution in [0.3, 0.4) is 0 Å². The van der Waals surface area contributed by atoms with E-state index in [1.54, 1.807) is 0 Å². The summed E-state index contributed by atoms with van der Waals surface area (Å²) in [6.07, 6.45) is 5.21. The Kier molecular flexibility index (Phi) is 13.9. The van der Waals surface area contributed by atoms with E-state index in [1.807, 2.05) is 6.26 Å². The molecule has 12 N–H and O–H groups in total. The molecule has 202 valence electrons. The number of carbonyl (C=O) groups is 4. The zero-order valence-corrected chi connectivity index (χ0v) is 20.8. The second-order valence-corrected chi connectivity index (χ2v) is 8.81. The molecule has 1 aromatic rings. The van der Waals surface area contributed by atoms with E-state index >= 15 is 0 Å². The van der Waals surface area contributed by atoms with Crippen molar-refractivity contribution in [1.82, 2.24) is 25.9 Å². The van der Waals surface area contributed by atoms with E-state index in [2.05, 4.69) is 30.9 Å². The zero-order valence-electron chi connectivity index (χ0n) is 20.0. The van der Waals surface area contributed by atoms with Crippen molar-refractivity contribution in [2.75, 3.05) is 25.2 Å². The second kappa shape index (κ2) is 16.3. The van der Waals surface area contributed by atoms with Gasteiger partial charge in [0.25, 0.3) is 0 Å². The van der Waals surface area contributed by atoms with Crippen molar-refractivity contribution in [3.63, 3.8) is 0 Å². The minimum Gasteiger partial charge on any atom is -0.480 e. The maximum atomic E-state index is 13.0. The minimum absolute atomic E-state index is 0.0544. The molecule has 0 aliphatic heterocycles. The normalized spacial score (nSPS) is 14.1. The molecule has 16 heteroatoms. The molecule has 0 saturated heterocycles. The molecule has 0 aromatic carbocycles. The van der Waals surface area contributed by atoms with E-state index in [4.69, 9.17) is 22.3 Å². The van der Waals surface area contributed by atoms with Gasteiger partial charge in [0.05, 0.1) is 12.9 Å². The number of carboxylic acids is 1. The first-order chi connectivity index (χ1) is 17.1. The summed E-state index contributed by atoms with van der Waals surface area (Å²) < 4.78 is 0. The number of amides is 3. The van der Waals surface area contributed by atoms with Gasteiger partial charge < -0.3 is 48.3 Å². The van der Waals surface area contributed by atoms with Crippen LogP contribution in [0.15, 0.2) is 17.5 Å². The number of aliphatic hydroxyl groups excluding tert-OH is 1. The molecule has 0 radical (unpaired) electrons. The van der Waals surface area contributed by atoms with Crippen LogP contribution in [0, 0.1) is 0 Å². The number of imidazole rings is 1. The molecule has 0 aliphatic carbocycles. The molecule has 0 fully saturated rings. The number of hydrogen-bond acceptors (Lipinski definition) is 9. The molecule has 3 amide bonds. The summed E-state index contributed by atoms with van der Waals surface area (Å²) in [5.74, 6) is -3.01. The Morgan fingerprint density at radius 2 is 1.69 bits per heavy atom. The van der Waals surface area contributed by atoms with Crippen molar-refractivity contribution in [1.29, 1.82) is 0 Å². The topological polar surface area (TPSA) is 264 Å². The highest BCUT2D eigenvalue weighted by Crippen LogP contribution is 2.06. The molecule has 0 saturated carbocycles. The van der Waals surface area contributed by atoms with Gasteiger partial charge in [-0.15, -0.1) is 0 Å². The number of hydrogen-bond donors (Lipinski definition) is 9. The number of aliphatic imine (C=N–C) groups is 1. The summed E-state index contributed by atoms with van der Waals surface area (Å²) in [5, 5.41) is 26.1. The lowest BCUT2D eigenvalue weighted by atomic mass is 10.1. The summed E-state index contributed by atoms with van der Waals surface area (Å²) in [6, 6.07) is -4.68. The van der Waals surface area contributed by atoms with E-state index in [9.17, 15) is 24.3 Å². The Bertz CT molecular complexity index is 879. The summed E-state index contributed by atoms with van der Waals surface area (Å²) in [5.41, 5.74) is 16.7. The van der Waals surface area contributed by atoms with E-state index in [0.29, 0.717) is 17.9 Å². The highest BCUT2D eigenvalue weighted by atomic mass is 32.2. The number of nitrogens with zero attached hydrogens (tertiary/aromatic N) is 2. The molecule has 36 heavy (non-hydrogen) atoms. The number of aromatic amines is 1. The lowest BCUT2D eigenvalue weighted by Crippen LogP contribution is -2.57. The summed E-state index contributed by atoms with van der Waals surface area (Å²) in [4.78, 5) is 60.3. The smallest absolute Gasteiger partial charge is 0.326 e. The van der Waals surface area contributed by atoms with Crippen LogP contribution in [0.2, 0.25) is 0 Å². The Morgan fingerprint density at radius 1 is 1.08 bits per heavy atom. The molecule has 15 nitrogen and oxygen atoms in total. The standard InChI is InChI=1S/C20H35N9O6S/c1-36-6-4-14(27-16(31)12(21)9-30)18(33)28-13(3-2-5-25-20(22)23)17(32)29-15(19(34)35)7-11-8-24-10-26-11/h8,10,12-15,30H,2-7,9,21H2,1H3,(H,24,26)(H,27,31)(H,28,33)(H,29,32)(H,34,35)(H4,22,23,25). The van der Waals surface area contributed by atoms with E-state index in [0.717, 1.165) is 0 Å². The van der Waals surface area contributed by atoms with Crippen molar-refractivity contribution in [3.8, 4) is 0 Å². The van der Waals surface area contributed by atoms with E-state index in [1.165, 1.54) is 24.3 Å². The van der Waals surface area contributed by atoms with Gasteiger partial charge in [0.15, 0.2) is 5.96 Å². The van der Waals surface area contributed by atoms with E-state index < -0.39 is 54.5 Å². The lowest BCUT2D eigenvalue weighted by Gasteiger charge is -2.25. The molecule has 1 rings (SSSR count). The van der Waals surface area contributed by atoms with Gasteiger partial charge in [-0.3, -0.25) is 19.4 Å². The van der Waals surface area contributed by atoms with Gasteiger partial charge in [-0.05, 0) is 31.3 Å². The quantitative estimate of drug-likeness (QED) is 0.0545. The first-order valence-corrected chi connectivity index (χ1v) is 12.5. The first-order valence-electron chi connectivity index (χ1n) is 11.1. The van der Waals surface area contributed by atoms with Crippen LogP contribution in [-0.4, -0.2) is 99.2 Å². The second-order valence-electron chi connectivity index (χ2n) is 7.82. The fourth-order valence-corrected chi connectivity index (χ4v) is 3.47. The highest BCUT2D eigenvalue weighted by molar-refractivity contribution is 7.98. The predicted octanol–water partition coefficient (Wildman–Crippen LogP) is -3.38. The van der Waals surface area contributed by atoms with Gasteiger partial charge in [-0.2, -0.15) is 11.8 Å². The number of guanidine groups is 1. The molecule has 1 aromatic heterocycles. The van der Waals surface area contributed by atoms with Gasteiger partial charge in [-0.1, -0.05) is 0 Å². The van der Waals surface area contributed by atoms with Gasteiger partial charge in [0.2, 0.25) is 17.7 Å². The van der Waals surface area contributed by atoms with Crippen LogP contribution in [0.4, 0.5) is 0 Å². The third kappa shape index (κ3) is 11.4. The number of nitrogens with two attached hydrogens (primary N) is 3. The Balaban J connectivity index is 3.00. The maximum Gasteiger partial charge on any atom is 0.326 e. The molecule has 0 aliphatic rings. The van der Waals surface area contributed by atoms with Crippen LogP contribution in [0.1, 0.15) is 25.0 Å². The fourth-order valence-electron chi connectivity index (χ4n) is 3.00. The molecule has 4 unspecified atom stereocenters. The van der Waals surface area contributed by atoms with Crippen molar-refractivity contribution in [2.24, 2.45) is 22.2 Å². The number of aliphatic hydroxyl groups is 1. The first kappa shape index (κ1) is 30.7. The molecule has 0 spiro atoms. The van der Waals surface area contributed by atoms with Crippen LogP contribution in [-0.2, 0) is 25.6 Å². The Hall–Kier alpha value is -3.37. The lowest BCUT2D eigenvalue weighted by molar-refractivity contribution is -0.142. The number of H-pyrrole nitrogens is 1. The third-order valence-electron chi connectivity index (χ3n) is 4.95. The maximum absolute atomic E-state index is 13.0. The summed E-state index contributed by atoms with van der Waals surface area (Å²) >= 11 is 1.44. The van der Waals surface area contributed by atoms with Crippen molar-refractivity contribution < 1.29 is 29.4 Å². The number of carboxylic acid groups (broad SMARTS) is 1. The van der Waals surface area contributed by atoms with Gasteiger partial charge in [-0.25, -0.2) is 9.78 Å². The van der Waals surface area contributed by atoms with Crippen molar-refractivity contribution >= 4 is 41.4 Å². The average molecular weight is 530 g/mol. The predicted molar refractivity (Wildman–Crippen MR) is 134 cm³/mol. The van der Waals surface area contributed by atoms with E-state index in [-0.39, 0.29) is 31.8 Å². The molecular formula is C20H35N9O6S. The highest BCUT2D eigenvalue weighted by Gasteiger charge is 2.30. The van der Waals surface area contributed by atoms with Crippen molar-refractivity contribution in [3.05, 3.63) is 18.2 Å². The molecule has 4 atom stereocenters. The van der Waals surface area contributed by atoms with Crippen LogP contribution in [0.5, 0.6) is 0 Å². The number of aliphatic carboxylic acids is 1. The van der Waals surface area contributed by atoms with Crippen molar-refractivity contribution in [2.45, 2.75) is 49.9 Å². The summed E-state index contributed by atoms with van der Waals surface area (Å²) in [7, 11) is 0. The molecule has 0 bridgehead atoms. The van der Waals surface area contributed by atoms with Gasteiger partial charge in [0, 0.05) is 24.9 Å². The van der Waals surface area contributed by atoms with Gasteiger partial charge >= 0.3 is 5.97 Å². The van der Waals surface area contributed by atoms with Gasteiger partial charge in [0.1, 0.15) is 24.2 Å². The molecule has 1 heterocycles. The Labute approximate surface area is 212 Å². The average Bonchev–Trinajstić information content (AvgIpc) is 3.35. The van der Waals surface area contributed by atoms with Crippen LogP contribution < -0.4 is 33.2 Å². The SMILES string of the molecule is CSCCC(NC(=O)C(N)CO)C(=O)NC(CCCN=C(N)N)C(=O)NC(Cc1cnc[nH]1)C(=O)O. The number of rotatable bonds is 17. The minimum atomic E-state index is -1.29. The summed E-state index contributed by atoms with van der Waals surface area (Å²) in [6.45, 7) is -0.429. The number of aromatic nitrogens is 2. The number of thioether (sulfide) groups is 1. The number of nitrogens with one attached hydrogen (secondary N) is 4. The number of carbonyl (C=O) groups excluding carboxylic acids is 3. The fraction of sp³-hybridized carbons (Fsp3) is 0.600. The Morgan fingerprint density at radius 3 is 2.22 bits per heavy atom. The monoisotopic (exact) mass is 529 g/mol. The largest absolute Gasteiger partial charge is 0.480 e. The third-order valence-corrected chi connectivity index (χ3v) is 5.59. The molecular weight excluding hydrogens is 494 g/mol. The zero-order chi connectivity index (χ0) is 27.1. The van der Waals surface area contributed by atoms with Crippen LogP contribution in [0.25, 0.3) is 0 Å².